The van der Waals surface area contributed by atoms with Gasteiger partial charge in [0.15, 0.2) is 0 Å². The van der Waals surface area contributed by atoms with Gasteiger partial charge in [-0.15, -0.1) is 0 Å². The van der Waals surface area contributed by atoms with Crippen molar-refractivity contribution in [1.82, 2.24) is 0 Å². The molecule has 0 unspecified atom stereocenters. The Balaban J connectivity index is 2.51. The third-order valence-electron chi connectivity index (χ3n) is 5.06. The summed E-state index contributed by atoms with van der Waals surface area (Å²) in [6.45, 7) is 5.97. The van der Waals surface area contributed by atoms with Crippen LogP contribution in [0.4, 0.5) is 0 Å². The molecule has 0 fully saturated rings. The molecule has 0 aliphatic heterocycles. The average Bonchev–Trinajstić information content (AvgIpc) is 2.67. The van der Waals surface area contributed by atoms with Crippen LogP contribution in [0.3, 0.4) is 0 Å². The van der Waals surface area contributed by atoms with Crippen molar-refractivity contribution in [3.63, 3.8) is 0 Å². The van der Waals surface area contributed by atoms with Gasteiger partial charge in [0.2, 0.25) is 0 Å². The molecule has 0 aromatic heterocycles. The number of rotatable bonds is 5. The fraction of sp³-hybridized carbons (Fsp3) is 0.167. The molecule has 0 amide bonds. The standard InChI is InChI=1S/C24H22O4/c1-4-16-14(2)13-15(3)21(17-9-5-7-11-19(17)23(25)26)22(16)18-10-6-8-12-20(18)24(27)28/h5-13H,4H2,1-3H3,(H,25,26)(H,27,28). The first-order chi connectivity index (χ1) is 13.4. The minimum absolute atomic E-state index is 0.200. The molecule has 0 radical (unpaired) electrons. The van der Waals surface area contributed by atoms with Crippen LogP contribution in [-0.4, -0.2) is 22.2 Å². The smallest absolute Gasteiger partial charge is 0.336 e. The van der Waals surface area contributed by atoms with Crippen LogP contribution in [0.5, 0.6) is 0 Å². The first kappa shape index (κ1) is 19.4. The van der Waals surface area contributed by atoms with E-state index in [2.05, 4.69) is 0 Å². The Bertz CT molecular complexity index is 1080. The summed E-state index contributed by atoms with van der Waals surface area (Å²) in [5, 5.41) is 19.4. The molecule has 28 heavy (non-hydrogen) atoms. The zero-order valence-corrected chi connectivity index (χ0v) is 16.1. The molecule has 0 heterocycles. The van der Waals surface area contributed by atoms with E-state index >= 15 is 0 Å². The third kappa shape index (κ3) is 3.29. The molecule has 142 valence electrons. The minimum atomic E-state index is -1.01. The number of hydrogen-bond donors (Lipinski definition) is 2. The summed E-state index contributed by atoms with van der Waals surface area (Å²) in [6, 6.07) is 15.8. The van der Waals surface area contributed by atoms with Crippen LogP contribution in [0.25, 0.3) is 22.3 Å². The van der Waals surface area contributed by atoms with Gasteiger partial charge in [-0.1, -0.05) is 49.4 Å². The fourth-order valence-electron chi connectivity index (χ4n) is 3.90. The summed E-state index contributed by atoms with van der Waals surface area (Å²) in [6.07, 6.45) is 0.706. The van der Waals surface area contributed by atoms with Crippen LogP contribution in [0.2, 0.25) is 0 Å². The van der Waals surface area contributed by atoms with E-state index in [-0.39, 0.29) is 11.1 Å². The first-order valence-corrected chi connectivity index (χ1v) is 9.15. The Morgan fingerprint density at radius 3 is 1.68 bits per heavy atom. The summed E-state index contributed by atoms with van der Waals surface area (Å²) in [5.41, 5.74) is 6.17. The summed E-state index contributed by atoms with van der Waals surface area (Å²) < 4.78 is 0. The maximum atomic E-state index is 11.9. The van der Waals surface area contributed by atoms with Gasteiger partial charge >= 0.3 is 11.9 Å². The number of benzene rings is 3. The Labute approximate surface area is 164 Å². The summed E-state index contributed by atoms with van der Waals surface area (Å²) in [4.78, 5) is 23.8. The van der Waals surface area contributed by atoms with Gasteiger partial charge in [0.1, 0.15) is 0 Å². The van der Waals surface area contributed by atoms with Crippen LogP contribution in [-0.2, 0) is 6.42 Å². The predicted octanol–water partition coefficient (Wildman–Crippen LogP) is 5.60. The lowest BCUT2D eigenvalue weighted by Gasteiger charge is -2.22. The highest BCUT2D eigenvalue weighted by molar-refractivity contribution is 6.04. The second-order valence-corrected chi connectivity index (χ2v) is 6.79. The monoisotopic (exact) mass is 374 g/mol. The van der Waals surface area contributed by atoms with E-state index in [0.717, 1.165) is 27.8 Å². The number of aryl methyl sites for hydroxylation is 2. The Morgan fingerprint density at radius 1 is 0.750 bits per heavy atom. The second-order valence-electron chi connectivity index (χ2n) is 6.79. The maximum Gasteiger partial charge on any atom is 0.336 e. The van der Waals surface area contributed by atoms with Crippen molar-refractivity contribution in [1.29, 1.82) is 0 Å². The van der Waals surface area contributed by atoms with Crippen molar-refractivity contribution in [3.8, 4) is 22.3 Å². The van der Waals surface area contributed by atoms with Gasteiger partial charge in [0.25, 0.3) is 0 Å². The lowest BCUT2D eigenvalue weighted by molar-refractivity contribution is 0.0686. The van der Waals surface area contributed by atoms with Crippen molar-refractivity contribution in [2.75, 3.05) is 0 Å². The fourth-order valence-corrected chi connectivity index (χ4v) is 3.90. The quantitative estimate of drug-likeness (QED) is 0.610. The van der Waals surface area contributed by atoms with E-state index in [1.54, 1.807) is 42.5 Å². The molecule has 0 aliphatic carbocycles. The lowest BCUT2D eigenvalue weighted by Crippen LogP contribution is -2.06. The number of carboxylic acids is 2. The Hall–Kier alpha value is -3.40. The predicted molar refractivity (Wildman–Crippen MR) is 110 cm³/mol. The van der Waals surface area contributed by atoms with Crippen LogP contribution in [0, 0.1) is 13.8 Å². The molecule has 2 N–H and O–H groups in total. The Kier molecular flexibility index (Phi) is 5.32. The van der Waals surface area contributed by atoms with E-state index in [9.17, 15) is 19.8 Å². The normalized spacial score (nSPS) is 10.7. The SMILES string of the molecule is CCc1c(C)cc(C)c(-c2ccccc2C(=O)O)c1-c1ccccc1C(=O)O. The molecule has 3 rings (SSSR count). The third-order valence-corrected chi connectivity index (χ3v) is 5.06. The van der Waals surface area contributed by atoms with Gasteiger partial charge in [-0.05, 0) is 71.3 Å². The molecule has 0 atom stereocenters. The van der Waals surface area contributed by atoms with Crippen molar-refractivity contribution in [2.24, 2.45) is 0 Å². The number of carbonyl (C=O) groups is 2. The highest BCUT2D eigenvalue weighted by Gasteiger charge is 2.23. The average molecular weight is 374 g/mol. The summed E-state index contributed by atoms with van der Waals surface area (Å²) >= 11 is 0. The van der Waals surface area contributed by atoms with E-state index in [1.807, 2.05) is 32.9 Å². The molecule has 3 aromatic rings. The number of carboxylic acid groups (broad SMARTS) is 2. The van der Waals surface area contributed by atoms with Crippen LogP contribution in [0.15, 0.2) is 54.6 Å². The van der Waals surface area contributed by atoms with Crippen molar-refractivity contribution < 1.29 is 19.8 Å². The van der Waals surface area contributed by atoms with E-state index in [0.29, 0.717) is 17.5 Å². The van der Waals surface area contributed by atoms with Crippen LogP contribution in [0.1, 0.15) is 44.3 Å². The Morgan fingerprint density at radius 2 is 1.21 bits per heavy atom. The molecule has 4 nitrogen and oxygen atoms in total. The molecular weight excluding hydrogens is 352 g/mol. The van der Waals surface area contributed by atoms with E-state index < -0.39 is 11.9 Å². The first-order valence-electron chi connectivity index (χ1n) is 9.15. The minimum Gasteiger partial charge on any atom is -0.478 e. The largest absolute Gasteiger partial charge is 0.478 e. The highest BCUT2D eigenvalue weighted by Crippen LogP contribution is 2.42. The summed E-state index contributed by atoms with van der Waals surface area (Å²) in [5.74, 6) is -2.01. The van der Waals surface area contributed by atoms with E-state index in [4.69, 9.17) is 0 Å². The molecule has 0 saturated heterocycles. The molecule has 0 saturated carbocycles. The van der Waals surface area contributed by atoms with Gasteiger partial charge in [-0.25, -0.2) is 9.59 Å². The van der Waals surface area contributed by atoms with Crippen molar-refractivity contribution in [3.05, 3.63) is 82.4 Å². The van der Waals surface area contributed by atoms with Gasteiger partial charge in [-0.3, -0.25) is 0 Å². The number of aromatic carboxylic acids is 2. The molecular formula is C24H22O4. The zero-order chi connectivity index (χ0) is 20.4. The second kappa shape index (κ2) is 7.69. The topological polar surface area (TPSA) is 74.6 Å². The van der Waals surface area contributed by atoms with Gasteiger partial charge < -0.3 is 10.2 Å². The van der Waals surface area contributed by atoms with Crippen LogP contribution < -0.4 is 0 Å². The number of hydrogen-bond acceptors (Lipinski definition) is 2. The molecule has 3 aromatic carbocycles. The van der Waals surface area contributed by atoms with Crippen LogP contribution >= 0.6 is 0 Å². The molecule has 0 spiro atoms. The molecule has 0 bridgehead atoms. The molecule has 0 aliphatic rings. The van der Waals surface area contributed by atoms with Gasteiger partial charge in [0, 0.05) is 0 Å². The van der Waals surface area contributed by atoms with E-state index in [1.165, 1.54) is 0 Å². The van der Waals surface area contributed by atoms with Crippen molar-refractivity contribution >= 4 is 11.9 Å². The van der Waals surface area contributed by atoms with Gasteiger partial charge in [-0.2, -0.15) is 0 Å². The lowest BCUT2D eigenvalue weighted by atomic mass is 9.81. The zero-order valence-electron chi connectivity index (χ0n) is 16.1. The highest BCUT2D eigenvalue weighted by atomic mass is 16.4. The molecule has 4 heteroatoms. The van der Waals surface area contributed by atoms with Gasteiger partial charge in [0.05, 0.1) is 11.1 Å². The van der Waals surface area contributed by atoms with Crippen molar-refractivity contribution in [2.45, 2.75) is 27.2 Å². The maximum absolute atomic E-state index is 11.9. The summed E-state index contributed by atoms with van der Waals surface area (Å²) in [7, 11) is 0.